The fraction of sp³-hybridized carbons (Fsp3) is 0.929. The van der Waals surface area contributed by atoms with Gasteiger partial charge in [0.05, 0.1) is 13.2 Å². The van der Waals surface area contributed by atoms with Gasteiger partial charge in [-0.25, -0.2) is 0 Å². The molecule has 0 saturated heterocycles. The van der Waals surface area contributed by atoms with E-state index in [0.29, 0.717) is 25.0 Å². The number of aliphatic hydroxyl groups is 1. The molecule has 0 radical (unpaired) electrons. The summed E-state index contributed by atoms with van der Waals surface area (Å²) in [5, 5.41) is 12.1. The van der Waals surface area contributed by atoms with Crippen molar-refractivity contribution in [3.63, 3.8) is 0 Å². The normalized spacial score (nSPS) is 17.4. The van der Waals surface area contributed by atoms with Crippen molar-refractivity contribution in [2.24, 2.45) is 5.92 Å². The van der Waals surface area contributed by atoms with E-state index in [9.17, 15) is 4.79 Å². The summed E-state index contributed by atoms with van der Waals surface area (Å²) in [4.78, 5) is 14.0. The van der Waals surface area contributed by atoms with Crippen molar-refractivity contribution in [3.8, 4) is 0 Å². The summed E-state index contributed by atoms with van der Waals surface area (Å²) in [6.07, 6.45) is 6.14. The topological polar surface area (TPSA) is 52.6 Å². The van der Waals surface area contributed by atoms with E-state index in [-0.39, 0.29) is 12.5 Å². The van der Waals surface area contributed by atoms with E-state index in [4.69, 9.17) is 5.11 Å². The number of hydrogen-bond acceptors (Lipinski definition) is 3. The summed E-state index contributed by atoms with van der Waals surface area (Å²) < 4.78 is 0. The molecule has 1 aliphatic rings. The number of nitrogens with zero attached hydrogens (tertiary/aromatic N) is 1. The maximum absolute atomic E-state index is 11.8. The molecule has 0 spiro atoms. The highest BCUT2D eigenvalue weighted by Gasteiger charge is 2.22. The maximum atomic E-state index is 11.8. The minimum Gasteiger partial charge on any atom is -0.395 e. The molecule has 2 N–H and O–H groups in total. The standard InChI is InChI=1S/C14H28N2O2/c1-12(2)10-15-14(18)11-16(8-9-17)13-6-4-3-5-7-13/h12-13,17H,3-11H2,1-2H3,(H,15,18). The minimum absolute atomic E-state index is 0.0859. The average molecular weight is 256 g/mol. The smallest absolute Gasteiger partial charge is 0.234 e. The summed E-state index contributed by atoms with van der Waals surface area (Å²) >= 11 is 0. The van der Waals surface area contributed by atoms with Crippen LogP contribution < -0.4 is 5.32 Å². The van der Waals surface area contributed by atoms with Crippen LogP contribution in [0.4, 0.5) is 0 Å². The number of aliphatic hydroxyl groups excluding tert-OH is 1. The molecule has 0 atom stereocenters. The van der Waals surface area contributed by atoms with Crippen molar-refractivity contribution >= 4 is 5.91 Å². The van der Waals surface area contributed by atoms with Crippen LogP contribution in [0.2, 0.25) is 0 Å². The first-order valence-corrected chi connectivity index (χ1v) is 7.25. The highest BCUT2D eigenvalue weighted by molar-refractivity contribution is 5.78. The van der Waals surface area contributed by atoms with Crippen LogP contribution in [0.25, 0.3) is 0 Å². The zero-order chi connectivity index (χ0) is 13.4. The second-order valence-corrected chi connectivity index (χ2v) is 5.68. The first-order chi connectivity index (χ1) is 8.63. The Balaban J connectivity index is 2.38. The molecule has 0 unspecified atom stereocenters. The summed E-state index contributed by atoms with van der Waals surface area (Å²) in [5.74, 6) is 0.567. The van der Waals surface area contributed by atoms with Crippen molar-refractivity contribution in [2.45, 2.75) is 52.0 Å². The highest BCUT2D eigenvalue weighted by atomic mass is 16.3. The van der Waals surface area contributed by atoms with E-state index < -0.39 is 0 Å². The van der Waals surface area contributed by atoms with Gasteiger partial charge < -0.3 is 10.4 Å². The third kappa shape index (κ3) is 5.83. The molecule has 0 bridgehead atoms. The molecule has 4 nitrogen and oxygen atoms in total. The Labute approximate surface area is 111 Å². The third-order valence-corrected chi connectivity index (χ3v) is 3.53. The molecule has 1 fully saturated rings. The SMILES string of the molecule is CC(C)CNC(=O)CN(CCO)C1CCCCC1. The second kappa shape index (κ2) is 8.48. The van der Waals surface area contributed by atoms with Gasteiger partial charge >= 0.3 is 0 Å². The van der Waals surface area contributed by atoms with Crippen molar-refractivity contribution in [3.05, 3.63) is 0 Å². The molecular formula is C14H28N2O2. The van der Waals surface area contributed by atoms with Crippen LogP contribution in [0.3, 0.4) is 0 Å². The summed E-state index contributed by atoms with van der Waals surface area (Å²) in [7, 11) is 0. The zero-order valence-electron chi connectivity index (χ0n) is 11.8. The van der Waals surface area contributed by atoms with Crippen LogP contribution in [0, 0.1) is 5.92 Å². The van der Waals surface area contributed by atoms with Gasteiger partial charge in [0.1, 0.15) is 0 Å². The molecule has 0 aromatic carbocycles. The Morgan fingerprint density at radius 3 is 2.56 bits per heavy atom. The Bertz CT molecular complexity index is 238. The predicted octanol–water partition coefficient (Wildman–Crippen LogP) is 1.39. The van der Waals surface area contributed by atoms with Gasteiger partial charge in [0.2, 0.25) is 5.91 Å². The van der Waals surface area contributed by atoms with Gasteiger partial charge in [-0.2, -0.15) is 0 Å². The molecule has 0 aromatic rings. The third-order valence-electron chi connectivity index (χ3n) is 3.53. The van der Waals surface area contributed by atoms with Gasteiger partial charge in [0, 0.05) is 19.1 Å². The quantitative estimate of drug-likeness (QED) is 0.723. The molecule has 0 aliphatic heterocycles. The number of rotatable bonds is 7. The van der Waals surface area contributed by atoms with Crippen LogP contribution in [-0.2, 0) is 4.79 Å². The first kappa shape index (κ1) is 15.4. The van der Waals surface area contributed by atoms with Crippen molar-refractivity contribution < 1.29 is 9.90 Å². The van der Waals surface area contributed by atoms with Gasteiger partial charge in [0.15, 0.2) is 0 Å². The second-order valence-electron chi connectivity index (χ2n) is 5.68. The van der Waals surface area contributed by atoms with Crippen LogP contribution in [0.5, 0.6) is 0 Å². The number of carbonyl (C=O) groups is 1. The van der Waals surface area contributed by atoms with Crippen LogP contribution >= 0.6 is 0 Å². The van der Waals surface area contributed by atoms with Crippen LogP contribution in [-0.4, -0.2) is 48.2 Å². The molecule has 1 amide bonds. The summed E-state index contributed by atoms with van der Waals surface area (Å²) in [6.45, 7) is 6.09. The van der Waals surface area contributed by atoms with Gasteiger partial charge in [0.25, 0.3) is 0 Å². The maximum Gasteiger partial charge on any atom is 0.234 e. The van der Waals surface area contributed by atoms with E-state index in [2.05, 4.69) is 24.1 Å². The average Bonchev–Trinajstić information content (AvgIpc) is 2.37. The lowest BCUT2D eigenvalue weighted by molar-refractivity contribution is -0.123. The molecular weight excluding hydrogens is 228 g/mol. The Hall–Kier alpha value is -0.610. The van der Waals surface area contributed by atoms with Crippen LogP contribution in [0.1, 0.15) is 46.0 Å². The Morgan fingerprint density at radius 1 is 1.33 bits per heavy atom. The van der Waals surface area contributed by atoms with Gasteiger partial charge in [-0.1, -0.05) is 33.1 Å². The van der Waals surface area contributed by atoms with Crippen molar-refractivity contribution in [2.75, 3.05) is 26.2 Å². The predicted molar refractivity (Wildman–Crippen MR) is 73.4 cm³/mol. The fourth-order valence-electron chi connectivity index (χ4n) is 2.52. The fourth-order valence-corrected chi connectivity index (χ4v) is 2.52. The van der Waals surface area contributed by atoms with Crippen LogP contribution in [0.15, 0.2) is 0 Å². The molecule has 0 aromatic heterocycles. The Kier molecular flexibility index (Phi) is 7.28. The van der Waals surface area contributed by atoms with Gasteiger partial charge in [-0.15, -0.1) is 0 Å². The van der Waals surface area contributed by atoms with Crippen molar-refractivity contribution in [1.29, 1.82) is 0 Å². The van der Waals surface area contributed by atoms with Gasteiger partial charge in [-0.05, 0) is 18.8 Å². The molecule has 18 heavy (non-hydrogen) atoms. The molecule has 1 rings (SSSR count). The lowest BCUT2D eigenvalue weighted by Gasteiger charge is -2.33. The van der Waals surface area contributed by atoms with Crippen molar-refractivity contribution in [1.82, 2.24) is 10.2 Å². The monoisotopic (exact) mass is 256 g/mol. The lowest BCUT2D eigenvalue weighted by Crippen LogP contribution is -2.45. The van der Waals surface area contributed by atoms with E-state index in [1.165, 1.54) is 19.3 Å². The van der Waals surface area contributed by atoms with E-state index in [1.807, 2.05) is 0 Å². The number of nitrogens with one attached hydrogen (secondary N) is 1. The van der Waals surface area contributed by atoms with E-state index >= 15 is 0 Å². The molecule has 106 valence electrons. The minimum atomic E-state index is 0.0859. The number of hydrogen-bond donors (Lipinski definition) is 2. The highest BCUT2D eigenvalue weighted by Crippen LogP contribution is 2.22. The van der Waals surface area contributed by atoms with E-state index in [0.717, 1.165) is 19.4 Å². The summed E-state index contributed by atoms with van der Waals surface area (Å²) in [6, 6.07) is 0.482. The largest absolute Gasteiger partial charge is 0.395 e. The first-order valence-electron chi connectivity index (χ1n) is 7.25. The molecule has 4 heteroatoms. The summed E-state index contributed by atoms with van der Waals surface area (Å²) in [5.41, 5.74) is 0. The zero-order valence-corrected chi connectivity index (χ0v) is 11.8. The molecule has 1 aliphatic carbocycles. The van der Waals surface area contributed by atoms with E-state index in [1.54, 1.807) is 0 Å². The molecule has 0 heterocycles. The number of carbonyl (C=O) groups excluding carboxylic acids is 1. The Morgan fingerprint density at radius 2 is 2.00 bits per heavy atom. The lowest BCUT2D eigenvalue weighted by atomic mass is 9.94. The molecule has 1 saturated carbocycles. The number of amides is 1. The van der Waals surface area contributed by atoms with Gasteiger partial charge in [-0.3, -0.25) is 9.69 Å².